The quantitative estimate of drug-likeness (QED) is 0.942. The lowest BCUT2D eigenvalue weighted by Crippen LogP contribution is -2.53. The van der Waals surface area contributed by atoms with Gasteiger partial charge in [-0.2, -0.15) is 0 Å². The van der Waals surface area contributed by atoms with Crippen molar-refractivity contribution in [3.05, 3.63) is 35.5 Å². The summed E-state index contributed by atoms with van der Waals surface area (Å²) < 4.78 is 0. The van der Waals surface area contributed by atoms with Crippen molar-refractivity contribution in [1.29, 1.82) is 0 Å². The monoisotopic (exact) mass is 324 g/mol. The minimum absolute atomic E-state index is 0. The SMILES string of the molecule is CC1CN(Cc2csc(-c3ccccn3)n2)CC(C)N1.Cl. The van der Waals surface area contributed by atoms with E-state index in [1.165, 1.54) is 0 Å². The van der Waals surface area contributed by atoms with Crippen LogP contribution in [0.2, 0.25) is 0 Å². The summed E-state index contributed by atoms with van der Waals surface area (Å²) in [5.74, 6) is 0. The zero-order valence-electron chi connectivity index (χ0n) is 12.3. The molecular formula is C15H21ClN4S. The van der Waals surface area contributed by atoms with Gasteiger partial charge in [0.25, 0.3) is 0 Å². The molecule has 3 rings (SSSR count). The number of nitrogens with one attached hydrogen (secondary N) is 1. The first-order chi connectivity index (χ1) is 9.70. The number of aromatic nitrogens is 2. The third-order valence-corrected chi connectivity index (χ3v) is 4.37. The highest BCUT2D eigenvalue weighted by atomic mass is 35.5. The summed E-state index contributed by atoms with van der Waals surface area (Å²) in [5, 5.41) is 6.72. The number of thiazole rings is 1. The van der Waals surface area contributed by atoms with Gasteiger partial charge in [0.1, 0.15) is 5.01 Å². The standard InChI is InChI=1S/C15H20N4S.ClH/c1-11-7-19(8-12(2)17-11)9-13-10-20-15(18-13)14-5-3-4-6-16-14;/h3-6,10-12,17H,7-9H2,1-2H3;1H. The third kappa shape index (κ3) is 4.23. The predicted molar refractivity (Wildman–Crippen MR) is 89.9 cm³/mol. The average molecular weight is 325 g/mol. The van der Waals surface area contributed by atoms with Gasteiger partial charge in [-0.3, -0.25) is 9.88 Å². The summed E-state index contributed by atoms with van der Waals surface area (Å²) in [6, 6.07) is 7.04. The Kier molecular flexibility index (Phi) is 5.70. The van der Waals surface area contributed by atoms with Gasteiger partial charge in [0, 0.05) is 43.3 Å². The minimum Gasteiger partial charge on any atom is -0.309 e. The number of hydrogen-bond acceptors (Lipinski definition) is 5. The summed E-state index contributed by atoms with van der Waals surface area (Å²) in [6.07, 6.45) is 1.82. The number of nitrogens with zero attached hydrogens (tertiary/aromatic N) is 3. The highest BCUT2D eigenvalue weighted by molar-refractivity contribution is 7.13. The van der Waals surface area contributed by atoms with Crippen molar-refractivity contribution in [2.45, 2.75) is 32.5 Å². The fourth-order valence-electron chi connectivity index (χ4n) is 2.78. The number of pyridine rings is 1. The lowest BCUT2D eigenvalue weighted by atomic mass is 10.1. The van der Waals surface area contributed by atoms with E-state index < -0.39 is 0 Å². The van der Waals surface area contributed by atoms with Crippen LogP contribution < -0.4 is 5.32 Å². The summed E-state index contributed by atoms with van der Waals surface area (Å²) in [6.45, 7) is 7.58. The minimum atomic E-state index is 0. The molecule has 1 N–H and O–H groups in total. The van der Waals surface area contributed by atoms with E-state index in [1.54, 1.807) is 11.3 Å². The van der Waals surface area contributed by atoms with Gasteiger partial charge in [-0.25, -0.2) is 4.98 Å². The first-order valence-electron chi connectivity index (χ1n) is 7.05. The molecule has 2 aromatic heterocycles. The van der Waals surface area contributed by atoms with E-state index in [1.807, 2.05) is 24.4 Å². The van der Waals surface area contributed by atoms with E-state index in [2.05, 4.69) is 34.4 Å². The van der Waals surface area contributed by atoms with E-state index >= 15 is 0 Å². The molecular weight excluding hydrogens is 304 g/mol. The Labute approximate surface area is 136 Å². The van der Waals surface area contributed by atoms with Crippen molar-refractivity contribution in [2.75, 3.05) is 13.1 Å². The molecule has 0 amide bonds. The first-order valence-corrected chi connectivity index (χ1v) is 7.93. The Morgan fingerprint density at radius 2 is 2.05 bits per heavy atom. The molecule has 0 radical (unpaired) electrons. The Morgan fingerprint density at radius 1 is 1.29 bits per heavy atom. The van der Waals surface area contributed by atoms with E-state index in [-0.39, 0.29) is 12.4 Å². The van der Waals surface area contributed by atoms with Gasteiger partial charge in [0.2, 0.25) is 0 Å². The maximum Gasteiger partial charge on any atom is 0.142 e. The first kappa shape index (κ1) is 16.4. The smallest absolute Gasteiger partial charge is 0.142 e. The van der Waals surface area contributed by atoms with Crippen molar-refractivity contribution in [1.82, 2.24) is 20.2 Å². The molecule has 1 aliphatic rings. The lowest BCUT2D eigenvalue weighted by molar-refractivity contribution is 0.165. The van der Waals surface area contributed by atoms with Crippen molar-refractivity contribution in [3.63, 3.8) is 0 Å². The zero-order valence-corrected chi connectivity index (χ0v) is 14.0. The van der Waals surface area contributed by atoms with Crippen LogP contribution in [0.15, 0.2) is 29.8 Å². The highest BCUT2D eigenvalue weighted by Gasteiger charge is 2.21. The van der Waals surface area contributed by atoms with E-state index in [9.17, 15) is 0 Å². The van der Waals surface area contributed by atoms with Gasteiger partial charge in [0.05, 0.1) is 11.4 Å². The van der Waals surface area contributed by atoms with Crippen LogP contribution in [-0.2, 0) is 6.54 Å². The molecule has 21 heavy (non-hydrogen) atoms. The molecule has 114 valence electrons. The average Bonchev–Trinajstić information content (AvgIpc) is 2.87. The molecule has 6 heteroatoms. The van der Waals surface area contributed by atoms with Gasteiger partial charge in [-0.1, -0.05) is 6.07 Å². The Balaban J connectivity index is 0.00000161. The van der Waals surface area contributed by atoms with Crippen molar-refractivity contribution in [3.8, 4) is 10.7 Å². The number of piperazine rings is 1. The summed E-state index contributed by atoms with van der Waals surface area (Å²) in [4.78, 5) is 11.6. The molecule has 2 atom stereocenters. The molecule has 0 bridgehead atoms. The Morgan fingerprint density at radius 3 is 2.71 bits per heavy atom. The van der Waals surface area contributed by atoms with Crippen LogP contribution in [0.5, 0.6) is 0 Å². The van der Waals surface area contributed by atoms with Crippen LogP contribution in [-0.4, -0.2) is 40.0 Å². The Bertz CT molecular complexity index is 550. The van der Waals surface area contributed by atoms with Gasteiger partial charge >= 0.3 is 0 Å². The summed E-state index contributed by atoms with van der Waals surface area (Å²) >= 11 is 1.68. The van der Waals surface area contributed by atoms with Crippen LogP contribution in [0.25, 0.3) is 10.7 Å². The van der Waals surface area contributed by atoms with Gasteiger partial charge in [-0.05, 0) is 26.0 Å². The Hall–Kier alpha value is -1.01. The molecule has 1 fully saturated rings. The van der Waals surface area contributed by atoms with Crippen LogP contribution in [0.1, 0.15) is 19.5 Å². The lowest BCUT2D eigenvalue weighted by Gasteiger charge is -2.35. The fraction of sp³-hybridized carbons (Fsp3) is 0.467. The van der Waals surface area contributed by atoms with Crippen molar-refractivity contribution >= 4 is 23.7 Å². The topological polar surface area (TPSA) is 41.1 Å². The molecule has 0 saturated carbocycles. The van der Waals surface area contributed by atoms with Crippen LogP contribution in [0, 0.1) is 0 Å². The molecule has 0 aromatic carbocycles. The number of halogens is 1. The highest BCUT2D eigenvalue weighted by Crippen LogP contribution is 2.22. The molecule has 2 aromatic rings. The van der Waals surface area contributed by atoms with Crippen LogP contribution in [0.3, 0.4) is 0 Å². The van der Waals surface area contributed by atoms with Crippen LogP contribution in [0.4, 0.5) is 0 Å². The maximum absolute atomic E-state index is 4.72. The summed E-state index contributed by atoms with van der Waals surface area (Å²) in [7, 11) is 0. The number of hydrogen-bond donors (Lipinski definition) is 1. The zero-order chi connectivity index (χ0) is 13.9. The molecule has 4 nitrogen and oxygen atoms in total. The van der Waals surface area contributed by atoms with E-state index in [0.717, 1.165) is 36.0 Å². The number of rotatable bonds is 3. The molecule has 1 aliphatic heterocycles. The van der Waals surface area contributed by atoms with Gasteiger partial charge in [-0.15, -0.1) is 23.7 Å². The van der Waals surface area contributed by atoms with Crippen molar-refractivity contribution < 1.29 is 0 Å². The van der Waals surface area contributed by atoms with Crippen LogP contribution >= 0.6 is 23.7 Å². The molecule has 0 spiro atoms. The van der Waals surface area contributed by atoms with Gasteiger partial charge in [0.15, 0.2) is 0 Å². The van der Waals surface area contributed by atoms with E-state index in [0.29, 0.717) is 12.1 Å². The molecule has 2 unspecified atom stereocenters. The second-order valence-electron chi connectivity index (χ2n) is 5.52. The molecule has 0 aliphatic carbocycles. The summed E-state index contributed by atoms with van der Waals surface area (Å²) in [5.41, 5.74) is 2.11. The van der Waals surface area contributed by atoms with Crippen molar-refractivity contribution in [2.24, 2.45) is 0 Å². The molecule has 3 heterocycles. The van der Waals surface area contributed by atoms with E-state index in [4.69, 9.17) is 4.98 Å². The second-order valence-corrected chi connectivity index (χ2v) is 6.38. The fourth-order valence-corrected chi connectivity index (χ4v) is 3.57. The molecule has 1 saturated heterocycles. The normalized spacial score (nSPS) is 22.8. The largest absolute Gasteiger partial charge is 0.309 e. The predicted octanol–water partition coefficient (Wildman–Crippen LogP) is 2.81. The third-order valence-electron chi connectivity index (χ3n) is 3.45. The second kappa shape index (κ2) is 7.31. The van der Waals surface area contributed by atoms with Gasteiger partial charge < -0.3 is 5.32 Å². The maximum atomic E-state index is 4.72.